The number of aromatic nitrogens is 2. The van der Waals surface area contributed by atoms with Gasteiger partial charge in [-0.25, -0.2) is 0 Å². The molecule has 90 valence electrons. The molecule has 0 fully saturated rings. The summed E-state index contributed by atoms with van der Waals surface area (Å²) in [6.45, 7) is 1.02. The maximum absolute atomic E-state index is 11.8. The van der Waals surface area contributed by atoms with Crippen molar-refractivity contribution in [3.8, 4) is 0 Å². The summed E-state index contributed by atoms with van der Waals surface area (Å²) in [6.07, 6.45) is 3.49. The number of nitrogens with one attached hydrogen (secondary N) is 2. The summed E-state index contributed by atoms with van der Waals surface area (Å²) >= 11 is 0. The van der Waals surface area contributed by atoms with E-state index in [1.165, 1.54) is 0 Å². The Bertz CT molecular complexity index is 337. The molecule has 0 saturated carbocycles. The largest absolute Gasteiger partial charge is 0.383 e. The number of carbonyl (C=O) groups excluding carboxylic acids is 1. The molecule has 1 aromatic rings. The quantitative estimate of drug-likeness (QED) is 0.638. The van der Waals surface area contributed by atoms with Crippen molar-refractivity contribution in [1.82, 2.24) is 20.4 Å². The van der Waals surface area contributed by atoms with Crippen LogP contribution in [0.2, 0.25) is 0 Å². The summed E-state index contributed by atoms with van der Waals surface area (Å²) in [5.41, 5.74) is 0.847. The van der Waals surface area contributed by atoms with Crippen LogP contribution in [0.1, 0.15) is 11.6 Å². The van der Waals surface area contributed by atoms with E-state index in [1.807, 2.05) is 13.2 Å². The number of rotatable bonds is 6. The summed E-state index contributed by atoms with van der Waals surface area (Å²) in [5, 5.41) is 9.77. The minimum absolute atomic E-state index is 0.0763. The molecule has 0 bridgehead atoms. The predicted octanol–water partition coefficient (Wildman–Crippen LogP) is -0.557. The van der Waals surface area contributed by atoms with Gasteiger partial charge in [0.2, 0.25) is 5.91 Å². The van der Waals surface area contributed by atoms with Gasteiger partial charge in [-0.1, -0.05) is 0 Å². The zero-order valence-corrected chi connectivity index (χ0v) is 9.86. The smallest absolute Gasteiger partial charge is 0.241 e. The number of aryl methyl sites for hydroxylation is 1. The van der Waals surface area contributed by atoms with Crippen LogP contribution < -0.4 is 10.6 Å². The average molecular weight is 226 g/mol. The Hall–Kier alpha value is -1.40. The third kappa shape index (κ3) is 3.32. The Kier molecular flexibility index (Phi) is 4.94. The van der Waals surface area contributed by atoms with Gasteiger partial charge in [0.15, 0.2) is 0 Å². The third-order valence-corrected chi connectivity index (χ3v) is 2.21. The van der Waals surface area contributed by atoms with Crippen LogP contribution in [-0.2, 0) is 16.6 Å². The van der Waals surface area contributed by atoms with Gasteiger partial charge < -0.3 is 15.4 Å². The van der Waals surface area contributed by atoms with Crippen LogP contribution in [0.4, 0.5) is 0 Å². The highest BCUT2D eigenvalue weighted by Gasteiger charge is 2.19. The van der Waals surface area contributed by atoms with E-state index in [2.05, 4.69) is 15.7 Å². The SMILES string of the molecule is CNC(C(=O)NCCOC)c1cnn(C)c1. The van der Waals surface area contributed by atoms with E-state index in [0.717, 1.165) is 5.56 Å². The molecule has 1 unspecified atom stereocenters. The number of carbonyl (C=O) groups is 1. The molecular weight excluding hydrogens is 208 g/mol. The van der Waals surface area contributed by atoms with Crippen molar-refractivity contribution in [3.05, 3.63) is 18.0 Å². The summed E-state index contributed by atoms with van der Waals surface area (Å²) in [7, 11) is 5.16. The Labute approximate surface area is 95.0 Å². The number of methoxy groups -OCH3 is 1. The lowest BCUT2D eigenvalue weighted by molar-refractivity contribution is -0.123. The van der Waals surface area contributed by atoms with Gasteiger partial charge in [0.05, 0.1) is 12.8 Å². The molecule has 2 N–H and O–H groups in total. The first-order valence-electron chi connectivity index (χ1n) is 5.11. The first-order valence-corrected chi connectivity index (χ1v) is 5.11. The van der Waals surface area contributed by atoms with Gasteiger partial charge in [-0.15, -0.1) is 0 Å². The molecule has 0 aliphatic carbocycles. The van der Waals surface area contributed by atoms with Crippen LogP contribution in [0.5, 0.6) is 0 Å². The van der Waals surface area contributed by atoms with Crippen LogP contribution >= 0.6 is 0 Å². The minimum Gasteiger partial charge on any atom is -0.383 e. The van der Waals surface area contributed by atoms with Crippen molar-refractivity contribution >= 4 is 5.91 Å². The molecule has 6 heteroatoms. The van der Waals surface area contributed by atoms with Crippen LogP contribution in [0, 0.1) is 0 Å². The Morgan fingerprint density at radius 1 is 1.69 bits per heavy atom. The van der Waals surface area contributed by atoms with Crippen molar-refractivity contribution in [2.24, 2.45) is 7.05 Å². The molecule has 0 saturated heterocycles. The first-order chi connectivity index (χ1) is 7.69. The lowest BCUT2D eigenvalue weighted by Crippen LogP contribution is -2.37. The highest BCUT2D eigenvalue weighted by molar-refractivity contribution is 5.82. The molecule has 1 amide bonds. The number of ether oxygens (including phenoxy) is 1. The van der Waals surface area contributed by atoms with E-state index in [9.17, 15) is 4.79 Å². The molecule has 16 heavy (non-hydrogen) atoms. The molecule has 0 aliphatic rings. The fraction of sp³-hybridized carbons (Fsp3) is 0.600. The van der Waals surface area contributed by atoms with Crippen LogP contribution in [-0.4, -0.2) is 43.0 Å². The molecular formula is C10H18N4O2. The topological polar surface area (TPSA) is 68.2 Å². The van der Waals surface area contributed by atoms with Crippen molar-refractivity contribution in [1.29, 1.82) is 0 Å². The van der Waals surface area contributed by atoms with Crippen molar-refractivity contribution in [2.45, 2.75) is 6.04 Å². The average Bonchev–Trinajstić information content (AvgIpc) is 2.66. The van der Waals surface area contributed by atoms with Gasteiger partial charge in [-0.2, -0.15) is 5.10 Å². The minimum atomic E-state index is -0.370. The van der Waals surface area contributed by atoms with Crippen LogP contribution in [0.25, 0.3) is 0 Å². The summed E-state index contributed by atoms with van der Waals surface area (Å²) in [4.78, 5) is 11.8. The Balaban J connectivity index is 2.56. The third-order valence-electron chi connectivity index (χ3n) is 2.21. The molecule has 6 nitrogen and oxygen atoms in total. The molecule has 1 atom stereocenters. The molecule has 0 radical (unpaired) electrons. The molecule has 0 spiro atoms. The normalized spacial score (nSPS) is 12.4. The lowest BCUT2D eigenvalue weighted by Gasteiger charge is -2.14. The monoisotopic (exact) mass is 226 g/mol. The van der Waals surface area contributed by atoms with E-state index in [0.29, 0.717) is 13.2 Å². The first kappa shape index (κ1) is 12.7. The fourth-order valence-corrected chi connectivity index (χ4v) is 1.42. The Morgan fingerprint density at radius 2 is 2.44 bits per heavy atom. The van der Waals surface area contributed by atoms with Crippen LogP contribution in [0.3, 0.4) is 0 Å². The zero-order chi connectivity index (χ0) is 12.0. The second-order valence-electron chi connectivity index (χ2n) is 3.45. The lowest BCUT2D eigenvalue weighted by atomic mass is 10.1. The second kappa shape index (κ2) is 6.24. The summed E-state index contributed by atoms with van der Waals surface area (Å²) in [6, 6.07) is -0.370. The van der Waals surface area contributed by atoms with E-state index in [-0.39, 0.29) is 11.9 Å². The van der Waals surface area contributed by atoms with Gasteiger partial charge in [-0.05, 0) is 7.05 Å². The zero-order valence-electron chi connectivity index (χ0n) is 9.86. The number of nitrogens with zero attached hydrogens (tertiary/aromatic N) is 2. The number of likely N-dealkylation sites (N-methyl/N-ethyl adjacent to an activating group) is 1. The highest BCUT2D eigenvalue weighted by atomic mass is 16.5. The highest BCUT2D eigenvalue weighted by Crippen LogP contribution is 2.10. The predicted molar refractivity (Wildman–Crippen MR) is 59.9 cm³/mol. The van der Waals surface area contributed by atoms with Crippen LogP contribution in [0.15, 0.2) is 12.4 Å². The van der Waals surface area contributed by atoms with Gasteiger partial charge in [-0.3, -0.25) is 9.48 Å². The van der Waals surface area contributed by atoms with Crippen molar-refractivity contribution in [3.63, 3.8) is 0 Å². The van der Waals surface area contributed by atoms with E-state index < -0.39 is 0 Å². The molecule has 0 aromatic carbocycles. The number of hydrogen-bond acceptors (Lipinski definition) is 4. The van der Waals surface area contributed by atoms with Gasteiger partial charge >= 0.3 is 0 Å². The van der Waals surface area contributed by atoms with Gasteiger partial charge in [0, 0.05) is 32.5 Å². The standard InChI is InChI=1S/C10H18N4O2/c1-11-9(8-6-13-14(2)7-8)10(15)12-4-5-16-3/h6-7,9,11H,4-5H2,1-3H3,(H,12,15). The molecule has 1 rings (SSSR count). The van der Waals surface area contributed by atoms with Gasteiger partial charge in [0.1, 0.15) is 6.04 Å². The van der Waals surface area contributed by atoms with Crippen molar-refractivity contribution < 1.29 is 9.53 Å². The van der Waals surface area contributed by atoms with Gasteiger partial charge in [0.25, 0.3) is 0 Å². The van der Waals surface area contributed by atoms with E-state index in [1.54, 1.807) is 25.0 Å². The van der Waals surface area contributed by atoms with E-state index in [4.69, 9.17) is 4.74 Å². The second-order valence-corrected chi connectivity index (χ2v) is 3.45. The Morgan fingerprint density at radius 3 is 2.94 bits per heavy atom. The van der Waals surface area contributed by atoms with Crippen molar-refractivity contribution in [2.75, 3.05) is 27.3 Å². The summed E-state index contributed by atoms with van der Waals surface area (Å²) in [5.74, 6) is -0.0763. The summed E-state index contributed by atoms with van der Waals surface area (Å²) < 4.78 is 6.53. The number of hydrogen-bond donors (Lipinski definition) is 2. The molecule has 1 aromatic heterocycles. The maximum Gasteiger partial charge on any atom is 0.241 e. The molecule has 0 aliphatic heterocycles. The maximum atomic E-state index is 11.8. The van der Waals surface area contributed by atoms with E-state index >= 15 is 0 Å². The molecule has 1 heterocycles. The fourth-order valence-electron chi connectivity index (χ4n) is 1.42. The number of amides is 1.